The fraction of sp³-hybridized carbons (Fsp3) is 0.500. The van der Waals surface area contributed by atoms with Crippen molar-refractivity contribution in [2.24, 2.45) is 5.92 Å². The zero-order valence-corrected chi connectivity index (χ0v) is 12.7. The Morgan fingerprint density at radius 2 is 1.90 bits per heavy atom. The lowest BCUT2D eigenvalue weighted by Gasteiger charge is -2.05. The van der Waals surface area contributed by atoms with E-state index in [1.807, 2.05) is 0 Å². The van der Waals surface area contributed by atoms with Gasteiger partial charge in [-0.2, -0.15) is 0 Å². The Hall–Kier alpha value is -1.07. The maximum absolute atomic E-state index is 11.6. The number of rotatable bonds is 7. The second-order valence-corrected chi connectivity index (χ2v) is 7.73. The van der Waals surface area contributed by atoms with E-state index >= 15 is 0 Å². The van der Waals surface area contributed by atoms with Crippen molar-refractivity contribution in [1.82, 2.24) is 5.32 Å². The fourth-order valence-corrected chi connectivity index (χ4v) is 2.76. The van der Waals surface area contributed by atoms with Gasteiger partial charge < -0.3 is 5.32 Å². The van der Waals surface area contributed by atoms with Crippen molar-refractivity contribution in [3.8, 4) is 0 Å². The Bertz CT molecular complexity index is 565. The Labute approximate surface area is 123 Å². The van der Waals surface area contributed by atoms with Crippen LogP contribution in [0.5, 0.6) is 0 Å². The topological polar surface area (TPSA) is 63.2 Å². The third-order valence-electron chi connectivity index (χ3n) is 3.42. The van der Waals surface area contributed by atoms with Crippen LogP contribution in [0.4, 0.5) is 0 Å². The Morgan fingerprint density at radius 3 is 2.45 bits per heavy atom. The van der Waals surface area contributed by atoms with E-state index < -0.39 is 9.05 Å². The molecule has 4 nitrogen and oxygen atoms in total. The van der Waals surface area contributed by atoms with Crippen molar-refractivity contribution in [3.05, 3.63) is 29.8 Å². The van der Waals surface area contributed by atoms with E-state index in [2.05, 4.69) is 5.32 Å². The molecule has 1 amide bonds. The maximum Gasteiger partial charge on any atom is 0.261 e. The minimum Gasteiger partial charge on any atom is -0.356 e. The van der Waals surface area contributed by atoms with Gasteiger partial charge >= 0.3 is 0 Å². The largest absolute Gasteiger partial charge is 0.356 e. The van der Waals surface area contributed by atoms with Gasteiger partial charge in [0.2, 0.25) is 5.91 Å². The van der Waals surface area contributed by atoms with Crippen molar-refractivity contribution in [2.75, 3.05) is 6.54 Å². The number of carbonyl (C=O) groups excluding carboxylic acids is 1. The molecular weight excluding hydrogens is 298 g/mol. The predicted molar refractivity (Wildman–Crippen MR) is 78.2 cm³/mol. The van der Waals surface area contributed by atoms with Gasteiger partial charge in [-0.25, -0.2) is 8.42 Å². The summed E-state index contributed by atoms with van der Waals surface area (Å²) in [6.07, 6.45) is 4.68. The molecule has 0 spiro atoms. The lowest BCUT2D eigenvalue weighted by Crippen LogP contribution is -2.24. The van der Waals surface area contributed by atoms with E-state index in [1.165, 1.54) is 25.0 Å². The zero-order valence-electron chi connectivity index (χ0n) is 11.1. The molecule has 1 aliphatic carbocycles. The molecule has 1 saturated carbocycles. The van der Waals surface area contributed by atoms with E-state index in [0.29, 0.717) is 12.8 Å². The molecule has 0 heterocycles. The molecule has 1 aromatic carbocycles. The van der Waals surface area contributed by atoms with Gasteiger partial charge in [0.25, 0.3) is 9.05 Å². The predicted octanol–water partition coefficient (Wildman–Crippen LogP) is 2.46. The van der Waals surface area contributed by atoms with Gasteiger partial charge in [-0.15, -0.1) is 0 Å². The summed E-state index contributed by atoms with van der Waals surface area (Å²) in [5.74, 6) is 0.861. The molecule has 0 radical (unpaired) electrons. The summed E-state index contributed by atoms with van der Waals surface area (Å²) in [6.45, 7) is 0.757. The normalized spacial score (nSPS) is 15.1. The molecule has 110 valence electrons. The Morgan fingerprint density at radius 1 is 1.25 bits per heavy atom. The minimum atomic E-state index is -3.67. The summed E-state index contributed by atoms with van der Waals surface area (Å²) < 4.78 is 22.2. The first-order chi connectivity index (χ1) is 9.45. The summed E-state index contributed by atoms with van der Waals surface area (Å²) in [4.78, 5) is 11.7. The standard InChI is InChI=1S/C14H18ClNO3S/c15-20(18,19)13-6-3-11(4-7-13)5-8-14(17)16-10-9-12-1-2-12/h3-4,6-7,12H,1-2,5,8-10H2,(H,16,17). The summed E-state index contributed by atoms with van der Waals surface area (Å²) in [5.41, 5.74) is 0.923. The molecule has 6 heteroatoms. The van der Waals surface area contributed by atoms with Crippen molar-refractivity contribution < 1.29 is 13.2 Å². The quantitative estimate of drug-likeness (QED) is 0.786. The number of hydrogen-bond acceptors (Lipinski definition) is 3. The van der Waals surface area contributed by atoms with Crippen molar-refractivity contribution in [3.63, 3.8) is 0 Å². The van der Waals surface area contributed by atoms with Gasteiger partial charge in [0.1, 0.15) is 0 Å². The highest BCUT2D eigenvalue weighted by atomic mass is 35.7. The Balaban J connectivity index is 1.73. The fourth-order valence-electron chi connectivity index (χ4n) is 1.99. The highest BCUT2D eigenvalue weighted by Crippen LogP contribution is 2.31. The average molecular weight is 316 g/mol. The van der Waals surface area contributed by atoms with Gasteiger partial charge in [-0.3, -0.25) is 4.79 Å². The molecule has 0 atom stereocenters. The van der Waals surface area contributed by atoms with Crippen LogP contribution in [0.25, 0.3) is 0 Å². The maximum atomic E-state index is 11.6. The molecule has 1 aromatic rings. The number of aryl methyl sites for hydroxylation is 1. The summed E-state index contributed by atoms with van der Waals surface area (Å²) >= 11 is 0. The lowest BCUT2D eigenvalue weighted by atomic mass is 10.1. The summed E-state index contributed by atoms with van der Waals surface area (Å²) in [7, 11) is 1.56. The molecule has 20 heavy (non-hydrogen) atoms. The number of halogens is 1. The highest BCUT2D eigenvalue weighted by molar-refractivity contribution is 8.13. The van der Waals surface area contributed by atoms with Crippen LogP contribution in [0.1, 0.15) is 31.2 Å². The molecule has 0 aromatic heterocycles. The van der Waals surface area contributed by atoms with Crippen LogP contribution in [-0.2, 0) is 20.3 Å². The van der Waals surface area contributed by atoms with Crippen molar-refractivity contribution >= 4 is 25.6 Å². The SMILES string of the molecule is O=C(CCc1ccc(S(=O)(=O)Cl)cc1)NCCC1CC1. The molecule has 1 N–H and O–H groups in total. The lowest BCUT2D eigenvalue weighted by molar-refractivity contribution is -0.121. The molecule has 0 saturated heterocycles. The van der Waals surface area contributed by atoms with Crippen LogP contribution in [-0.4, -0.2) is 20.9 Å². The number of nitrogens with one attached hydrogen (secondary N) is 1. The third kappa shape index (κ3) is 5.13. The molecule has 0 aliphatic heterocycles. The van der Waals surface area contributed by atoms with Gasteiger partial charge in [0.15, 0.2) is 0 Å². The van der Waals surface area contributed by atoms with Gasteiger partial charge in [0, 0.05) is 23.6 Å². The van der Waals surface area contributed by atoms with Crippen LogP contribution in [0.3, 0.4) is 0 Å². The highest BCUT2D eigenvalue weighted by Gasteiger charge is 2.20. The van der Waals surface area contributed by atoms with Gasteiger partial charge in [0.05, 0.1) is 4.90 Å². The minimum absolute atomic E-state index is 0.0414. The van der Waals surface area contributed by atoms with Crippen LogP contribution >= 0.6 is 10.7 Å². The molecular formula is C14H18ClNO3S. The number of carbonyl (C=O) groups is 1. The van der Waals surface area contributed by atoms with Crippen LogP contribution in [0.2, 0.25) is 0 Å². The van der Waals surface area contributed by atoms with Gasteiger partial charge in [-0.1, -0.05) is 25.0 Å². The molecule has 1 fully saturated rings. The number of amides is 1. The molecule has 1 aliphatic rings. The second-order valence-electron chi connectivity index (χ2n) is 5.16. The van der Waals surface area contributed by atoms with Crippen molar-refractivity contribution in [2.45, 2.75) is 37.0 Å². The average Bonchev–Trinajstić information content (AvgIpc) is 3.20. The second kappa shape index (κ2) is 6.59. The summed E-state index contributed by atoms with van der Waals surface area (Å²) in [6, 6.07) is 6.30. The molecule has 0 unspecified atom stereocenters. The monoisotopic (exact) mass is 315 g/mol. The van der Waals surface area contributed by atoms with E-state index in [4.69, 9.17) is 10.7 Å². The first-order valence-corrected chi connectivity index (χ1v) is 9.06. The van der Waals surface area contributed by atoms with E-state index in [0.717, 1.165) is 24.4 Å². The number of benzene rings is 1. The van der Waals surface area contributed by atoms with Crippen molar-refractivity contribution in [1.29, 1.82) is 0 Å². The van der Waals surface area contributed by atoms with Crippen LogP contribution in [0.15, 0.2) is 29.2 Å². The van der Waals surface area contributed by atoms with Crippen LogP contribution in [0, 0.1) is 5.92 Å². The Kier molecular flexibility index (Phi) is 5.05. The molecule has 2 rings (SSSR count). The number of hydrogen-bond donors (Lipinski definition) is 1. The van der Waals surface area contributed by atoms with Gasteiger partial charge in [-0.05, 0) is 36.5 Å². The summed E-state index contributed by atoms with van der Waals surface area (Å²) in [5, 5.41) is 2.90. The smallest absolute Gasteiger partial charge is 0.261 e. The first-order valence-electron chi connectivity index (χ1n) is 6.75. The van der Waals surface area contributed by atoms with E-state index in [-0.39, 0.29) is 10.8 Å². The third-order valence-corrected chi connectivity index (χ3v) is 4.79. The van der Waals surface area contributed by atoms with E-state index in [9.17, 15) is 13.2 Å². The molecule has 0 bridgehead atoms. The van der Waals surface area contributed by atoms with Crippen LogP contribution < -0.4 is 5.32 Å². The van der Waals surface area contributed by atoms with E-state index in [1.54, 1.807) is 12.1 Å². The zero-order chi connectivity index (χ0) is 14.6. The first kappa shape index (κ1) is 15.3.